The quantitative estimate of drug-likeness (QED) is 0.0689. The van der Waals surface area contributed by atoms with E-state index >= 15 is 13.2 Å². The SMILES string of the molecule is CC(NC(=O)[C@@H]1C[C@](F)(COCCCCCCCC(=O)O)CN1C(=O)CNC(=O)c1ccc2c(c1)-c1ccccc1C2(F)F)c1cc(C(=N)N)cs1. The molecular weight excluding hydrogens is 699 g/mol. The van der Waals surface area contributed by atoms with Crippen LogP contribution in [0.2, 0.25) is 0 Å². The van der Waals surface area contributed by atoms with Crippen LogP contribution in [0, 0.1) is 5.41 Å². The highest BCUT2D eigenvalue weighted by molar-refractivity contribution is 7.10. The van der Waals surface area contributed by atoms with Crippen LogP contribution in [0.15, 0.2) is 53.9 Å². The average molecular weight is 742 g/mol. The molecule has 3 aromatic rings. The van der Waals surface area contributed by atoms with Crippen LogP contribution in [0.1, 0.15) is 89.8 Å². The van der Waals surface area contributed by atoms with Crippen LogP contribution in [0.5, 0.6) is 0 Å². The first kappa shape index (κ1) is 38.5. The van der Waals surface area contributed by atoms with Crippen LogP contribution in [0.4, 0.5) is 13.2 Å². The number of likely N-dealkylation sites (tertiary alicyclic amines) is 1. The van der Waals surface area contributed by atoms with E-state index in [-0.39, 0.29) is 54.1 Å². The minimum absolute atomic E-state index is 0.0552. The van der Waals surface area contributed by atoms with Crippen LogP contribution < -0.4 is 16.4 Å². The summed E-state index contributed by atoms with van der Waals surface area (Å²) in [5, 5.41) is 23.4. The number of nitrogens with two attached hydrogens (primary N) is 1. The number of alkyl halides is 3. The number of carboxylic acid groups (broad SMARTS) is 1. The molecule has 1 saturated heterocycles. The Labute approximate surface area is 303 Å². The number of hydrogen-bond acceptors (Lipinski definition) is 7. The zero-order chi connectivity index (χ0) is 37.6. The smallest absolute Gasteiger partial charge is 0.303 e. The second-order valence-electron chi connectivity index (χ2n) is 13.3. The maximum absolute atomic E-state index is 16.3. The summed E-state index contributed by atoms with van der Waals surface area (Å²) in [6.45, 7) is 0.564. The number of ether oxygens (including phenoxy) is 1. The molecule has 278 valence electrons. The van der Waals surface area contributed by atoms with E-state index in [1.165, 1.54) is 41.7 Å². The summed E-state index contributed by atoms with van der Waals surface area (Å²) < 4.78 is 51.9. The van der Waals surface area contributed by atoms with Gasteiger partial charge in [0.15, 0.2) is 5.67 Å². The summed E-state index contributed by atoms with van der Waals surface area (Å²) in [5.41, 5.74) is 4.21. The normalized spacial score (nSPS) is 19.1. The van der Waals surface area contributed by atoms with E-state index in [9.17, 15) is 19.2 Å². The van der Waals surface area contributed by atoms with Crippen molar-refractivity contribution in [3.8, 4) is 11.1 Å². The standard InChI is InChI=1S/C37H42F3N5O6S/c1-22(30-16-24(19-52-30)33(41)42)44-35(50)29-17-36(38,21-51-14-8-4-2-3-5-11-32(47)48)20-45(29)31(46)18-43-34(49)23-12-13-28-26(15-23)25-9-6-7-10-27(25)37(28,39)40/h6-7,9-10,12-13,15-16,19,22,29H,2-5,8,11,14,17-18,20-21H2,1H3,(H3,41,42)(H,43,49)(H,44,50)(H,47,48)/t22?,29-,36+/m0/s1. The number of aliphatic carboxylic acids is 1. The van der Waals surface area contributed by atoms with Crippen molar-refractivity contribution < 1.29 is 42.2 Å². The molecule has 2 aromatic carbocycles. The van der Waals surface area contributed by atoms with Gasteiger partial charge in [-0.15, -0.1) is 11.3 Å². The first-order valence-corrected chi connectivity index (χ1v) is 18.0. The van der Waals surface area contributed by atoms with Gasteiger partial charge in [0, 0.05) is 52.0 Å². The van der Waals surface area contributed by atoms with E-state index < -0.39 is 60.5 Å². The molecule has 1 aliphatic heterocycles. The van der Waals surface area contributed by atoms with Crippen LogP contribution in [0.25, 0.3) is 11.1 Å². The van der Waals surface area contributed by atoms with Crippen LogP contribution in [-0.2, 0) is 25.0 Å². The summed E-state index contributed by atoms with van der Waals surface area (Å²) in [6, 6.07) is 9.75. The van der Waals surface area contributed by atoms with Crippen molar-refractivity contribution in [1.82, 2.24) is 15.5 Å². The molecule has 1 unspecified atom stereocenters. The van der Waals surface area contributed by atoms with Gasteiger partial charge in [0.2, 0.25) is 11.8 Å². The van der Waals surface area contributed by atoms with Gasteiger partial charge in [0.25, 0.3) is 11.8 Å². The summed E-state index contributed by atoms with van der Waals surface area (Å²) >= 11 is 1.29. The third-order valence-electron chi connectivity index (χ3n) is 9.34. The van der Waals surface area contributed by atoms with E-state index in [1.807, 2.05) is 0 Å². The highest BCUT2D eigenvalue weighted by atomic mass is 32.1. The second kappa shape index (κ2) is 16.3. The first-order valence-electron chi connectivity index (χ1n) is 17.1. The van der Waals surface area contributed by atoms with Crippen molar-refractivity contribution in [3.63, 3.8) is 0 Å². The number of hydrogen-bond donors (Lipinski definition) is 5. The molecule has 0 spiro atoms. The van der Waals surface area contributed by atoms with Crippen molar-refractivity contribution in [3.05, 3.63) is 81.0 Å². The first-order chi connectivity index (χ1) is 24.7. The molecule has 3 atom stereocenters. The second-order valence-corrected chi connectivity index (χ2v) is 14.2. The van der Waals surface area contributed by atoms with Gasteiger partial charge >= 0.3 is 5.97 Å². The Morgan fingerprint density at radius 2 is 1.73 bits per heavy atom. The lowest BCUT2D eigenvalue weighted by Gasteiger charge is -2.25. The fraction of sp³-hybridized carbons (Fsp3) is 0.432. The molecule has 52 heavy (non-hydrogen) atoms. The van der Waals surface area contributed by atoms with Crippen molar-refractivity contribution in [2.75, 3.05) is 26.3 Å². The molecule has 11 nitrogen and oxygen atoms in total. The molecule has 5 rings (SSSR count). The van der Waals surface area contributed by atoms with Crippen LogP contribution in [0.3, 0.4) is 0 Å². The Hall–Kier alpha value is -4.76. The highest BCUT2D eigenvalue weighted by Gasteiger charge is 2.50. The number of benzene rings is 2. The molecule has 15 heteroatoms. The number of unbranched alkanes of at least 4 members (excludes halogenated alkanes) is 4. The van der Waals surface area contributed by atoms with Gasteiger partial charge in [0.05, 0.1) is 25.7 Å². The van der Waals surface area contributed by atoms with Gasteiger partial charge in [-0.25, -0.2) is 4.39 Å². The number of amides is 3. The van der Waals surface area contributed by atoms with E-state index in [0.717, 1.165) is 24.2 Å². The van der Waals surface area contributed by atoms with E-state index in [2.05, 4.69) is 10.6 Å². The lowest BCUT2D eigenvalue weighted by Crippen LogP contribution is -2.49. The number of thiophene rings is 1. The zero-order valence-electron chi connectivity index (χ0n) is 28.7. The number of carboxylic acids is 1. The molecule has 1 aliphatic carbocycles. The molecule has 3 amide bonds. The number of nitrogens with one attached hydrogen (secondary N) is 3. The molecule has 1 fully saturated rings. The number of rotatable bonds is 17. The molecule has 2 heterocycles. The van der Waals surface area contributed by atoms with Gasteiger partial charge in [-0.2, -0.15) is 8.78 Å². The Morgan fingerprint density at radius 1 is 1.02 bits per heavy atom. The summed E-state index contributed by atoms with van der Waals surface area (Å²) in [4.78, 5) is 52.7. The Balaban J connectivity index is 1.22. The highest BCUT2D eigenvalue weighted by Crippen LogP contribution is 2.51. The third-order valence-corrected chi connectivity index (χ3v) is 10.5. The van der Waals surface area contributed by atoms with Crippen LogP contribution >= 0.6 is 11.3 Å². The number of halogens is 3. The maximum Gasteiger partial charge on any atom is 0.303 e. The number of nitrogens with zero attached hydrogens (tertiary/aromatic N) is 1. The third kappa shape index (κ3) is 8.81. The topological polar surface area (TPSA) is 175 Å². The van der Waals surface area contributed by atoms with Gasteiger partial charge in [-0.1, -0.05) is 49.6 Å². The lowest BCUT2D eigenvalue weighted by atomic mass is 10.0. The van der Waals surface area contributed by atoms with Gasteiger partial charge in [0.1, 0.15) is 11.9 Å². The minimum Gasteiger partial charge on any atom is -0.481 e. The molecule has 6 N–H and O–H groups in total. The predicted molar refractivity (Wildman–Crippen MR) is 189 cm³/mol. The Bertz CT molecular complexity index is 1840. The summed E-state index contributed by atoms with van der Waals surface area (Å²) in [7, 11) is 0. The zero-order valence-corrected chi connectivity index (χ0v) is 29.5. The largest absolute Gasteiger partial charge is 0.481 e. The Kier molecular flexibility index (Phi) is 12.0. The summed E-state index contributed by atoms with van der Waals surface area (Å²) in [5.74, 6) is -6.20. The van der Waals surface area contributed by atoms with E-state index in [1.54, 1.807) is 30.5 Å². The van der Waals surface area contributed by atoms with Crippen LogP contribution in [-0.4, -0.2) is 77.5 Å². The monoisotopic (exact) mass is 741 g/mol. The van der Waals surface area contributed by atoms with Crippen molar-refractivity contribution in [1.29, 1.82) is 5.41 Å². The number of carbonyl (C=O) groups excluding carboxylic acids is 3. The van der Waals surface area contributed by atoms with Gasteiger partial charge in [-0.3, -0.25) is 24.6 Å². The molecule has 0 radical (unpaired) electrons. The fourth-order valence-electron chi connectivity index (χ4n) is 6.58. The molecule has 2 aliphatic rings. The molecule has 1 aromatic heterocycles. The Morgan fingerprint density at radius 3 is 2.46 bits per heavy atom. The summed E-state index contributed by atoms with van der Waals surface area (Å²) in [6.07, 6.45) is 3.34. The predicted octanol–water partition coefficient (Wildman–Crippen LogP) is 5.51. The van der Waals surface area contributed by atoms with E-state index in [4.69, 9.17) is 21.0 Å². The minimum atomic E-state index is -3.22. The number of carbonyl (C=O) groups is 4. The number of fused-ring (bicyclic) bond motifs is 3. The molecular formula is C37H42F3N5O6S. The van der Waals surface area contributed by atoms with Crippen molar-refractivity contribution in [2.45, 2.75) is 75.5 Å². The number of amidine groups is 1. The average Bonchev–Trinajstić information content (AvgIpc) is 3.80. The molecule has 0 bridgehead atoms. The van der Waals surface area contributed by atoms with Gasteiger partial charge in [-0.05, 0) is 49.1 Å². The fourth-order valence-corrected chi connectivity index (χ4v) is 7.50. The van der Waals surface area contributed by atoms with Crippen molar-refractivity contribution in [2.24, 2.45) is 5.73 Å². The van der Waals surface area contributed by atoms with Crippen molar-refractivity contribution >= 4 is 40.9 Å². The number of nitrogen functional groups attached to an aromatic ring is 1. The van der Waals surface area contributed by atoms with Gasteiger partial charge < -0.3 is 31.1 Å². The molecule has 0 saturated carbocycles. The van der Waals surface area contributed by atoms with E-state index in [0.29, 0.717) is 28.8 Å². The lowest BCUT2D eigenvalue weighted by molar-refractivity contribution is -0.138. The maximum atomic E-state index is 16.3.